The Bertz CT molecular complexity index is 656. The number of rotatable bonds is 5. The predicted octanol–water partition coefficient (Wildman–Crippen LogP) is 3.38. The van der Waals surface area contributed by atoms with E-state index in [0.29, 0.717) is 5.56 Å². The summed E-state index contributed by atoms with van der Waals surface area (Å²) in [6, 6.07) is 9.89. The molecule has 21 heavy (non-hydrogen) atoms. The SMILES string of the molecule is COc1ccc(CC(C(=O)O)c2ccccc2F)cc1F. The molecule has 0 saturated heterocycles. The number of carboxylic acid groups (broad SMARTS) is 1. The number of ether oxygens (including phenoxy) is 1. The van der Waals surface area contributed by atoms with Crippen LogP contribution in [0.4, 0.5) is 8.78 Å². The Morgan fingerprint density at radius 3 is 2.48 bits per heavy atom. The Morgan fingerprint density at radius 2 is 1.90 bits per heavy atom. The molecule has 0 aliphatic rings. The minimum atomic E-state index is -1.16. The van der Waals surface area contributed by atoms with Gasteiger partial charge in [0.05, 0.1) is 13.0 Å². The molecular weight excluding hydrogens is 278 g/mol. The summed E-state index contributed by atoms with van der Waals surface area (Å²) in [5, 5.41) is 9.30. The summed E-state index contributed by atoms with van der Waals surface area (Å²) in [4.78, 5) is 11.4. The number of methoxy groups -OCH3 is 1. The van der Waals surface area contributed by atoms with Crippen LogP contribution in [-0.2, 0) is 11.2 Å². The van der Waals surface area contributed by atoms with Crippen LogP contribution in [0.25, 0.3) is 0 Å². The van der Waals surface area contributed by atoms with Gasteiger partial charge in [-0.05, 0) is 30.2 Å². The van der Waals surface area contributed by atoms with Gasteiger partial charge >= 0.3 is 5.97 Å². The Morgan fingerprint density at radius 1 is 1.19 bits per heavy atom. The predicted molar refractivity (Wildman–Crippen MR) is 73.4 cm³/mol. The quantitative estimate of drug-likeness (QED) is 0.919. The Kier molecular flexibility index (Phi) is 4.52. The van der Waals surface area contributed by atoms with Crippen LogP contribution < -0.4 is 4.74 Å². The van der Waals surface area contributed by atoms with E-state index in [1.165, 1.54) is 37.4 Å². The van der Waals surface area contributed by atoms with Gasteiger partial charge in [0.25, 0.3) is 0 Å². The van der Waals surface area contributed by atoms with Gasteiger partial charge in [-0.15, -0.1) is 0 Å². The molecule has 0 aliphatic heterocycles. The number of carboxylic acids is 1. The fraction of sp³-hybridized carbons (Fsp3) is 0.188. The van der Waals surface area contributed by atoms with Crippen molar-refractivity contribution in [1.29, 1.82) is 0 Å². The first-order chi connectivity index (χ1) is 10.0. The van der Waals surface area contributed by atoms with Gasteiger partial charge in [-0.1, -0.05) is 24.3 Å². The third-order valence-corrected chi connectivity index (χ3v) is 3.23. The Hall–Kier alpha value is -2.43. The molecule has 0 radical (unpaired) electrons. The molecule has 0 heterocycles. The first-order valence-electron chi connectivity index (χ1n) is 6.32. The Labute approximate surface area is 120 Å². The van der Waals surface area contributed by atoms with Crippen LogP contribution in [0.3, 0.4) is 0 Å². The third-order valence-electron chi connectivity index (χ3n) is 3.23. The van der Waals surface area contributed by atoms with Crippen LogP contribution in [0.15, 0.2) is 42.5 Å². The molecule has 0 fully saturated rings. The maximum Gasteiger partial charge on any atom is 0.311 e. The van der Waals surface area contributed by atoms with Crippen molar-refractivity contribution in [3.05, 3.63) is 65.2 Å². The number of aliphatic carboxylic acids is 1. The molecule has 1 atom stereocenters. The average molecular weight is 292 g/mol. The number of halogens is 2. The molecule has 0 saturated carbocycles. The van der Waals surface area contributed by atoms with Gasteiger partial charge in [-0.25, -0.2) is 8.78 Å². The lowest BCUT2D eigenvalue weighted by molar-refractivity contribution is -0.138. The molecule has 2 aromatic carbocycles. The highest BCUT2D eigenvalue weighted by molar-refractivity contribution is 5.76. The van der Waals surface area contributed by atoms with Crippen molar-refractivity contribution in [2.24, 2.45) is 0 Å². The summed E-state index contributed by atoms with van der Waals surface area (Å²) in [6.07, 6.45) is -0.00280. The minimum absolute atomic E-state index is 0.00280. The number of carbonyl (C=O) groups is 1. The number of benzene rings is 2. The van der Waals surface area contributed by atoms with Crippen LogP contribution in [0, 0.1) is 11.6 Å². The molecular formula is C16H14F2O3. The van der Waals surface area contributed by atoms with Gasteiger partial charge in [0.2, 0.25) is 0 Å². The van der Waals surface area contributed by atoms with Crippen LogP contribution in [0.5, 0.6) is 5.75 Å². The van der Waals surface area contributed by atoms with Gasteiger partial charge in [0.1, 0.15) is 5.82 Å². The zero-order chi connectivity index (χ0) is 15.4. The standard InChI is InChI=1S/C16H14F2O3/c1-21-15-7-6-10(9-14(15)18)8-12(16(19)20)11-4-2-3-5-13(11)17/h2-7,9,12H,8H2,1H3,(H,19,20). The van der Waals surface area contributed by atoms with Crippen molar-refractivity contribution >= 4 is 5.97 Å². The molecule has 0 aromatic heterocycles. The minimum Gasteiger partial charge on any atom is -0.494 e. The summed E-state index contributed by atoms with van der Waals surface area (Å²) < 4.78 is 32.2. The van der Waals surface area contributed by atoms with E-state index >= 15 is 0 Å². The van der Waals surface area contributed by atoms with Crippen molar-refractivity contribution in [3.8, 4) is 5.75 Å². The largest absolute Gasteiger partial charge is 0.494 e. The molecule has 0 aliphatic carbocycles. The smallest absolute Gasteiger partial charge is 0.311 e. The fourth-order valence-corrected chi connectivity index (χ4v) is 2.16. The van der Waals surface area contributed by atoms with Gasteiger partial charge in [-0.3, -0.25) is 4.79 Å². The second kappa shape index (κ2) is 6.35. The summed E-state index contributed by atoms with van der Waals surface area (Å²) in [5.74, 6) is -3.31. The lowest BCUT2D eigenvalue weighted by Crippen LogP contribution is -2.16. The van der Waals surface area contributed by atoms with E-state index in [2.05, 4.69) is 0 Å². The highest BCUT2D eigenvalue weighted by atomic mass is 19.1. The van der Waals surface area contributed by atoms with Crippen molar-refractivity contribution in [2.45, 2.75) is 12.3 Å². The second-order valence-electron chi connectivity index (χ2n) is 4.59. The summed E-state index contributed by atoms with van der Waals surface area (Å²) >= 11 is 0. The molecule has 0 spiro atoms. The van der Waals surface area contributed by atoms with E-state index in [1.54, 1.807) is 12.1 Å². The van der Waals surface area contributed by atoms with Crippen molar-refractivity contribution in [1.82, 2.24) is 0 Å². The molecule has 0 bridgehead atoms. The fourth-order valence-electron chi connectivity index (χ4n) is 2.16. The molecule has 0 amide bonds. The lowest BCUT2D eigenvalue weighted by atomic mass is 9.91. The van der Waals surface area contributed by atoms with Gasteiger partial charge < -0.3 is 9.84 Å². The molecule has 1 unspecified atom stereocenters. The van der Waals surface area contributed by atoms with E-state index in [4.69, 9.17) is 4.74 Å². The number of hydrogen-bond donors (Lipinski definition) is 1. The summed E-state index contributed by atoms with van der Waals surface area (Å²) in [5.41, 5.74) is 0.546. The van der Waals surface area contributed by atoms with Gasteiger partial charge in [0.15, 0.2) is 11.6 Å². The maximum atomic E-state index is 13.7. The topological polar surface area (TPSA) is 46.5 Å². The Balaban J connectivity index is 2.31. The number of hydrogen-bond acceptors (Lipinski definition) is 2. The van der Waals surface area contributed by atoms with E-state index in [0.717, 1.165) is 0 Å². The summed E-state index contributed by atoms with van der Waals surface area (Å²) in [6.45, 7) is 0. The lowest BCUT2D eigenvalue weighted by Gasteiger charge is -2.14. The van der Waals surface area contributed by atoms with Gasteiger partial charge in [-0.2, -0.15) is 0 Å². The highest BCUT2D eigenvalue weighted by Gasteiger charge is 2.23. The zero-order valence-corrected chi connectivity index (χ0v) is 11.3. The van der Waals surface area contributed by atoms with E-state index in [1.807, 2.05) is 0 Å². The molecule has 2 rings (SSSR count). The third kappa shape index (κ3) is 3.37. The first-order valence-corrected chi connectivity index (χ1v) is 6.32. The van der Waals surface area contributed by atoms with Crippen molar-refractivity contribution < 1.29 is 23.4 Å². The van der Waals surface area contributed by atoms with E-state index in [9.17, 15) is 18.7 Å². The first kappa shape index (κ1) is 15.0. The van der Waals surface area contributed by atoms with Crippen molar-refractivity contribution in [3.63, 3.8) is 0 Å². The van der Waals surface area contributed by atoms with Gasteiger partial charge in [0, 0.05) is 5.56 Å². The van der Waals surface area contributed by atoms with Crippen LogP contribution in [0.2, 0.25) is 0 Å². The zero-order valence-electron chi connectivity index (χ0n) is 11.3. The molecule has 3 nitrogen and oxygen atoms in total. The highest BCUT2D eigenvalue weighted by Crippen LogP contribution is 2.26. The van der Waals surface area contributed by atoms with Crippen molar-refractivity contribution in [2.75, 3.05) is 7.11 Å². The molecule has 2 aromatic rings. The molecule has 1 N–H and O–H groups in total. The second-order valence-corrected chi connectivity index (χ2v) is 4.59. The molecule has 110 valence electrons. The molecule has 5 heteroatoms. The monoisotopic (exact) mass is 292 g/mol. The van der Waals surface area contributed by atoms with Crippen LogP contribution >= 0.6 is 0 Å². The van der Waals surface area contributed by atoms with Crippen LogP contribution in [-0.4, -0.2) is 18.2 Å². The normalized spacial score (nSPS) is 12.0. The van der Waals surface area contributed by atoms with E-state index in [-0.39, 0.29) is 17.7 Å². The summed E-state index contributed by atoms with van der Waals surface area (Å²) in [7, 11) is 1.34. The van der Waals surface area contributed by atoms with Crippen LogP contribution in [0.1, 0.15) is 17.0 Å². The average Bonchev–Trinajstić information content (AvgIpc) is 2.45. The van der Waals surface area contributed by atoms with E-state index < -0.39 is 23.5 Å². The maximum absolute atomic E-state index is 13.7.